The number of thiophene rings is 1. The zero-order valence-electron chi connectivity index (χ0n) is 13.4. The third kappa shape index (κ3) is 2.85. The Labute approximate surface area is 148 Å². The van der Waals surface area contributed by atoms with Gasteiger partial charge in [-0.05, 0) is 42.5 Å². The summed E-state index contributed by atoms with van der Waals surface area (Å²) in [6.45, 7) is 4.49. The molecule has 0 radical (unpaired) electrons. The van der Waals surface area contributed by atoms with E-state index in [1.54, 1.807) is 27.8 Å². The maximum Gasteiger partial charge on any atom is 0.212 e. The Kier molecular flexibility index (Phi) is 4.12. The van der Waals surface area contributed by atoms with E-state index < -0.39 is 0 Å². The van der Waals surface area contributed by atoms with Gasteiger partial charge in [0.05, 0.1) is 10.6 Å². The largest absolute Gasteiger partial charge is 0.485 e. The van der Waals surface area contributed by atoms with Crippen molar-refractivity contribution in [3.8, 4) is 5.75 Å². The zero-order valence-corrected chi connectivity index (χ0v) is 15.0. The lowest BCUT2D eigenvalue weighted by Crippen LogP contribution is -2.14. The Morgan fingerprint density at radius 2 is 2.08 bits per heavy atom. The highest BCUT2D eigenvalue weighted by Crippen LogP contribution is 2.26. The maximum absolute atomic E-state index is 5.95. The first-order chi connectivity index (χ1) is 11.7. The van der Waals surface area contributed by atoms with Gasteiger partial charge in [0.25, 0.3) is 0 Å². The number of thioether (sulfide) groups is 1. The van der Waals surface area contributed by atoms with Gasteiger partial charge in [0, 0.05) is 5.75 Å². The van der Waals surface area contributed by atoms with Crippen molar-refractivity contribution in [3.05, 3.63) is 57.5 Å². The molecule has 0 saturated heterocycles. The second kappa shape index (κ2) is 6.41. The molecular formula is C17H16N4OS2. The number of benzene rings is 1. The van der Waals surface area contributed by atoms with Crippen molar-refractivity contribution in [1.29, 1.82) is 0 Å². The molecule has 0 saturated carbocycles. The topological polar surface area (TPSA) is 52.3 Å². The first-order valence-electron chi connectivity index (χ1n) is 7.60. The molecule has 0 atom stereocenters. The monoisotopic (exact) mass is 356 g/mol. The van der Waals surface area contributed by atoms with E-state index in [0.717, 1.165) is 27.9 Å². The van der Waals surface area contributed by atoms with Crippen LogP contribution in [-0.4, -0.2) is 26.3 Å². The van der Waals surface area contributed by atoms with E-state index >= 15 is 0 Å². The minimum absolute atomic E-state index is 0.346. The van der Waals surface area contributed by atoms with Crippen molar-refractivity contribution in [2.75, 3.05) is 5.75 Å². The summed E-state index contributed by atoms with van der Waals surface area (Å²) in [5.41, 5.74) is 3.41. The molecule has 7 heteroatoms. The number of ether oxygens (including phenoxy) is 1. The number of aromatic nitrogens is 3. The number of hydrogen-bond donors (Lipinski definition) is 0. The van der Waals surface area contributed by atoms with E-state index in [0.29, 0.717) is 12.4 Å². The molecule has 2 aromatic heterocycles. The molecule has 0 bridgehead atoms. The van der Waals surface area contributed by atoms with Crippen LogP contribution >= 0.6 is 23.1 Å². The molecule has 1 aliphatic rings. The van der Waals surface area contributed by atoms with Crippen LogP contribution in [0.5, 0.6) is 5.75 Å². The minimum atomic E-state index is 0.346. The van der Waals surface area contributed by atoms with Gasteiger partial charge in [-0.1, -0.05) is 30.0 Å². The SMILES string of the molecule is Cc1cccc(OCc2nnc3n2N=C(c2cccs2)CS3)c1C. The summed E-state index contributed by atoms with van der Waals surface area (Å²) in [6, 6.07) is 10.2. The standard InChI is InChI=1S/C17H16N4OS2/c1-11-5-3-6-14(12(11)2)22-9-16-18-19-17-21(16)20-13(10-24-17)15-7-4-8-23-15/h3-8H,9-10H2,1-2H3. The predicted octanol–water partition coefficient (Wildman–Crippen LogP) is 3.89. The highest BCUT2D eigenvalue weighted by molar-refractivity contribution is 7.99. The quantitative estimate of drug-likeness (QED) is 0.711. The van der Waals surface area contributed by atoms with Crippen LogP contribution in [-0.2, 0) is 6.61 Å². The third-order valence-corrected chi connectivity index (χ3v) is 5.80. The fourth-order valence-electron chi connectivity index (χ4n) is 2.44. The van der Waals surface area contributed by atoms with Crippen LogP contribution in [0.2, 0.25) is 0 Å². The third-order valence-electron chi connectivity index (χ3n) is 3.95. The number of nitrogens with zero attached hydrogens (tertiary/aromatic N) is 4. The number of aryl methyl sites for hydroxylation is 1. The van der Waals surface area contributed by atoms with Crippen LogP contribution in [0.25, 0.3) is 0 Å². The molecule has 0 aliphatic carbocycles. The molecule has 0 spiro atoms. The Morgan fingerprint density at radius 3 is 2.92 bits per heavy atom. The number of hydrogen-bond acceptors (Lipinski definition) is 6. The van der Waals surface area contributed by atoms with Crippen molar-refractivity contribution < 1.29 is 4.74 Å². The Bertz CT molecular complexity index is 899. The lowest BCUT2D eigenvalue weighted by molar-refractivity contribution is 0.287. The smallest absolute Gasteiger partial charge is 0.212 e. The minimum Gasteiger partial charge on any atom is -0.485 e. The van der Waals surface area contributed by atoms with Gasteiger partial charge in [-0.3, -0.25) is 0 Å². The van der Waals surface area contributed by atoms with Crippen LogP contribution in [0.4, 0.5) is 0 Å². The van der Waals surface area contributed by atoms with Crippen LogP contribution in [0.15, 0.2) is 46.0 Å². The second-order valence-corrected chi connectivity index (χ2v) is 7.40. The molecular weight excluding hydrogens is 340 g/mol. The molecule has 3 aromatic rings. The predicted molar refractivity (Wildman–Crippen MR) is 97.2 cm³/mol. The van der Waals surface area contributed by atoms with E-state index in [9.17, 15) is 0 Å². The van der Waals surface area contributed by atoms with Crippen molar-refractivity contribution in [2.24, 2.45) is 5.10 Å². The Balaban J connectivity index is 1.59. The lowest BCUT2D eigenvalue weighted by atomic mass is 10.1. The summed E-state index contributed by atoms with van der Waals surface area (Å²) in [6.07, 6.45) is 0. The molecule has 0 fully saturated rings. The van der Waals surface area contributed by atoms with Crippen molar-refractivity contribution in [3.63, 3.8) is 0 Å². The molecule has 0 amide bonds. The van der Waals surface area contributed by atoms with Crippen LogP contribution in [0.3, 0.4) is 0 Å². The molecule has 0 unspecified atom stereocenters. The summed E-state index contributed by atoms with van der Waals surface area (Å²) in [5, 5.41) is 16.1. The summed E-state index contributed by atoms with van der Waals surface area (Å²) in [4.78, 5) is 1.18. The average Bonchev–Trinajstić information content (AvgIpc) is 3.25. The van der Waals surface area contributed by atoms with Crippen molar-refractivity contribution >= 4 is 28.8 Å². The summed E-state index contributed by atoms with van der Waals surface area (Å²) >= 11 is 3.35. The van der Waals surface area contributed by atoms with E-state index in [4.69, 9.17) is 9.84 Å². The molecule has 3 heterocycles. The van der Waals surface area contributed by atoms with Gasteiger partial charge < -0.3 is 4.74 Å². The van der Waals surface area contributed by atoms with Crippen molar-refractivity contribution in [2.45, 2.75) is 25.6 Å². The van der Waals surface area contributed by atoms with E-state index in [2.05, 4.69) is 41.6 Å². The van der Waals surface area contributed by atoms with Crippen LogP contribution in [0.1, 0.15) is 21.8 Å². The van der Waals surface area contributed by atoms with E-state index in [1.807, 2.05) is 18.2 Å². The van der Waals surface area contributed by atoms with Gasteiger partial charge in [0.2, 0.25) is 5.16 Å². The highest BCUT2D eigenvalue weighted by Gasteiger charge is 2.20. The molecule has 1 aromatic carbocycles. The molecule has 0 N–H and O–H groups in total. The average molecular weight is 356 g/mol. The van der Waals surface area contributed by atoms with Gasteiger partial charge in [-0.25, -0.2) is 0 Å². The Morgan fingerprint density at radius 1 is 1.17 bits per heavy atom. The molecule has 4 rings (SSSR count). The summed E-state index contributed by atoms with van der Waals surface area (Å²) in [5.74, 6) is 2.40. The zero-order chi connectivity index (χ0) is 16.5. The van der Waals surface area contributed by atoms with Crippen LogP contribution in [0, 0.1) is 13.8 Å². The van der Waals surface area contributed by atoms with Gasteiger partial charge in [-0.2, -0.15) is 9.78 Å². The maximum atomic E-state index is 5.95. The van der Waals surface area contributed by atoms with Crippen molar-refractivity contribution in [1.82, 2.24) is 14.9 Å². The van der Waals surface area contributed by atoms with Gasteiger partial charge in [0.15, 0.2) is 5.82 Å². The molecule has 5 nitrogen and oxygen atoms in total. The van der Waals surface area contributed by atoms with Gasteiger partial charge in [0.1, 0.15) is 12.4 Å². The second-order valence-electron chi connectivity index (χ2n) is 5.51. The number of fused-ring (bicyclic) bond motifs is 1. The summed E-state index contributed by atoms with van der Waals surface area (Å²) in [7, 11) is 0. The van der Waals surface area contributed by atoms with Crippen LogP contribution < -0.4 is 4.74 Å². The van der Waals surface area contributed by atoms with E-state index in [-0.39, 0.29) is 0 Å². The molecule has 1 aliphatic heterocycles. The fourth-order valence-corrected chi connectivity index (χ4v) is 4.09. The number of rotatable bonds is 4. The highest BCUT2D eigenvalue weighted by atomic mass is 32.2. The molecule has 24 heavy (non-hydrogen) atoms. The first kappa shape index (κ1) is 15.4. The fraction of sp³-hybridized carbons (Fsp3) is 0.235. The first-order valence-corrected chi connectivity index (χ1v) is 9.47. The molecule has 122 valence electrons. The summed E-state index contributed by atoms with van der Waals surface area (Å²) < 4.78 is 7.75. The van der Waals surface area contributed by atoms with Gasteiger partial charge in [-0.15, -0.1) is 21.5 Å². The van der Waals surface area contributed by atoms with E-state index in [1.165, 1.54) is 10.4 Å². The van der Waals surface area contributed by atoms with Gasteiger partial charge >= 0.3 is 0 Å². The lowest BCUT2D eigenvalue weighted by Gasteiger charge is -2.14. The Hall–Kier alpha value is -2.12. The normalized spacial score (nSPS) is 13.5.